The molecular formula is C15H19NO3. The van der Waals surface area contributed by atoms with Crippen molar-refractivity contribution in [3.05, 3.63) is 29.3 Å². The molecule has 0 saturated heterocycles. The van der Waals surface area contributed by atoms with Gasteiger partial charge in [-0.2, -0.15) is 0 Å². The summed E-state index contributed by atoms with van der Waals surface area (Å²) in [5, 5.41) is 8.93. The summed E-state index contributed by atoms with van der Waals surface area (Å²) in [5.74, 6) is -0.657. The Bertz CT molecular complexity index is 510. The van der Waals surface area contributed by atoms with E-state index in [1.165, 1.54) is 0 Å². The summed E-state index contributed by atoms with van der Waals surface area (Å²) in [6.07, 6.45) is 1.82. The Labute approximate surface area is 113 Å². The van der Waals surface area contributed by atoms with E-state index < -0.39 is 5.97 Å². The zero-order valence-electron chi connectivity index (χ0n) is 11.3. The van der Waals surface area contributed by atoms with E-state index in [1.54, 1.807) is 11.8 Å². The predicted octanol–water partition coefficient (Wildman–Crippen LogP) is 2.56. The molecule has 1 atom stereocenters. The normalized spacial score (nSPS) is 15.2. The molecule has 1 aromatic rings. The topological polar surface area (TPSA) is 57.6 Å². The third-order valence-electron chi connectivity index (χ3n) is 3.76. The first-order valence-electron chi connectivity index (χ1n) is 6.65. The van der Waals surface area contributed by atoms with Gasteiger partial charge in [-0.3, -0.25) is 9.59 Å². The highest BCUT2D eigenvalue weighted by molar-refractivity contribution is 5.93. The maximum Gasteiger partial charge on any atom is 0.303 e. The highest BCUT2D eigenvalue weighted by atomic mass is 16.4. The predicted molar refractivity (Wildman–Crippen MR) is 73.5 cm³/mol. The van der Waals surface area contributed by atoms with Crippen LogP contribution in [-0.4, -0.2) is 23.5 Å². The van der Waals surface area contributed by atoms with Gasteiger partial charge in [0.15, 0.2) is 0 Å². The summed E-state index contributed by atoms with van der Waals surface area (Å²) in [4.78, 5) is 24.1. The lowest BCUT2D eigenvalue weighted by Crippen LogP contribution is -2.25. The van der Waals surface area contributed by atoms with Gasteiger partial charge in [-0.25, -0.2) is 0 Å². The van der Waals surface area contributed by atoms with Crippen LogP contribution >= 0.6 is 0 Å². The molecule has 2 rings (SSSR count). The third-order valence-corrected chi connectivity index (χ3v) is 3.76. The molecule has 1 amide bonds. The standard InChI is InChI=1S/C15H19NO3/c1-3-11(9-15(18)19)12-4-5-14-13(8-12)6-7-16(14)10(2)17/h4-5,8,11H,3,6-7,9H2,1-2H3,(H,18,19)/t11-/m1/s1. The van der Waals surface area contributed by atoms with Gasteiger partial charge in [-0.1, -0.05) is 19.1 Å². The molecule has 1 heterocycles. The molecule has 0 fully saturated rings. The van der Waals surface area contributed by atoms with Crippen molar-refractivity contribution in [2.45, 2.75) is 39.0 Å². The van der Waals surface area contributed by atoms with Crippen LogP contribution in [0.5, 0.6) is 0 Å². The highest BCUT2D eigenvalue weighted by Gasteiger charge is 2.23. The van der Waals surface area contributed by atoms with Gasteiger partial charge in [0.25, 0.3) is 0 Å². The monoisotopic (exact) mass is 261 g/mol. The summed E-state index contributed by atoms with van der Waals surface area (Å²) in [5.41, 5.74) is 3.19. The zero-order valence-corrected chi connectivity index (χ0v) is 11.3. The van der Waals surface area contributed by atoms with E-state index in [9.17, 15) is 9.59 Å². The Hall–Kier alpha value is -1.84. The SMILES string of the molecule is CC[C@H](CC(=O)O)c1ccc2c(c1)CCN2C(C)=O. The van der Waals surface area contributed by atoms with Crippen LogP contribution in [0.4, 0.5) is 5.69 Å². The van der Waals surface area contributed by atoms with E-state index in [4.69, 9.17) is 5.11 Å². The minimum Gasteiger partial charge on any atom is -0.481 e. The fraction of sp³-hybridized carbons (Fsp3) is 0.467. The molecule has 19 heavy (non-hydrogen) atoms. The molecule has 1 aliphatic rings. The number of aliphatic carboxylic acids is 1. The molecule has 1 aliphatic heterocycles. The molecule has 4 heteroatoms. The molecule has 1 aromatic carbocycles. The average molecular weight is 261 g/mol. The maximum atomic E-state index is 11.5. The zero-order chi connectivity index (χ0) is 14.0. The molecule has 1 N–H and O–H groups in total. The van der Waals surface area contributed by atoms with Crippen molar-refractivity contribution >= 4 is 17.6 Å². The first-order valence-corrected chi connectivity index (χ1v) is 6.65. The number of hydrogen-bond donors (Lipinski definition) is 1. The molecule has 0 spiro atoms. The van der Waals surface area contributed by atoms with Crippen molar-refractivity contribution < 1.29 is 14.7 Å². The maximum absolute atomic E-state index is 11.5. The van der Waals surface area contributed by atoms with Crippen molar-refractivity contribution in [3.8, 4) is 0 Å². The summed E-state index contributed by atoms with van der Waals surface area (Å²) in [6.45, 7) is 4.30. The van der Waals surface area contributed by atoms with Crippen molar-refractivity contribution in [2.24, 2.45) is 0 Å². The van der Waals surface area contributed by atoms with Crippen LogP contribution < -0.4 is 4.90 Å². The van der Waals surface area contributed by atoms with Crippen LogP contribution in [0.3, 0.4) is 0 Å². The summed E-state index contributed by atoms with van der Waals surface area (Å²) in [6, 6.07) is 5.97. The van der Waals surface area contributed by atoms with Crippen molar-refractivity contribution in [3.63, 3.8) is 0 Å². The molecule has 0 aromatic heterocycles. The lowest BCUT2D eigenvalue weighted by atomic mass is 9.91. The number of carbonyl (C=O) groups excluding carboxylic acids is 1. The van der Waals surface area contributed by atoms with E-state index in [1.807, 2.05) is 19.1 Å². The molecule has 0 unspecified atom stereocenters. The number of benzene rings is 1. The van der Waals surface area contributed by atoms with E-state index in [2.05, 4.69) is 6.07 Å². The lowest BCUT2D eigenvalue weighted by Gasteiger charge is -2.17. The second-order valence-corrected chi connectivity index (χ2v) is 5.01. The molecule has 0 saturated carbocycles. The van der Waals surface area contributed by atoms with Crippen LogP contribution in [0.15, 0.2) is 18.2 Å². The van der Waals surface area contributed by atoms with Crippen molar-refractivity contribution in [2.75, 3.05) is 11.4 Å². The minimum atomic E-state index is -0.766. The largest absolute Gasteiger partial charge is 0.481 e. The Morgan fingerprint density at radius 3 is 2.74 bits per heavy atom. The molecule has 0 bridgehead atoms. The fourth-order valence-electron chi connectivity index (χ4n) is 2.71. The molecular weight excluding hydrogens is 242 g/mol. The Morgan fingerprint density at radius 2 is 2.16 bits per heavy atom. The van der Waals surface area contributed by atoms with Gasteiger partial charge in [0.2, 0.25) is 5.91 Å². The number of anilines is 1. The second-order valence-electron chi connectivity index (χ2n) is 5.01. The minimum absolute atomic E-state index is 0.0502. The van der Waals surface area contributed by atoms with Gasteiger partial charge >= 0.3 is 5.97 Å². The number of carboxylic acid groups (broad SMARTS) is 1. The molecule has 102 valence electrons. The van der Waals surface area contributed by atoms with Crippen LogP contribution in [0.1, 0.15) is 43.7 Å². The summed E-state index contributed by atoms with van der Waals surface area (Å²) < 4.78 is 0. The van der Waals surface area contributed by atoms with Crippen molar-refractivity contribution in [1.29, 1.82) is 0 Å². The quantitative estimate of drug-likeness (QED) is 0.906. The van der Waals surface area contributed by atoms with E-state index in [-0.39, 0.29) is 18.2 Å². The van der Waals surface area contributed by atoms with E-state index in [0.717, 1.165) is 36.2 Å². The highest BCUT2D eigenvalue weighted by Crippen LogP contribution is 2.33. The number of hydrogen-bond acceptors (Lipinski definition) is 2. The number of rotatable bonds is 4. The van der Waals surface area contributed by atoms with Crippen molar-refractivity contribution in [1.82, 2.24) is 0 Å². The van der Waals surface area contributed by atoms with Gasteiger partial charge in [-0.15, -0.1) is 0 Å². The number of carboxylic acids is 1. The average Bonchev–Trinajstić information content (AvgIpc) is 2.78. The van der Waals surface area contributed by atoms with Crippen LogP contribution in [0.25, 0.3) is 0 Å². The second kappa shape index (κ2) is 5.43. The van der Waals surface area contributed by atoms with Crippen LogP contribution in [-0.2, 0) is 16.0 Å². The van der Waals surface area contributed by atoms with Gasteiger partial charge in [-0.05, 0) is 36.0 Å². The fourth-order valence-corrected chi connectivity index (χ4v) is 2.71. The summed E-state index contributed by atoms with van der Waals surface area (Å²) >= 11 is 0. The molecule has 0 radical (unpaired) electrons. The third kappa shape index (κ3) is 2.78. The molecule has 0 aliphatic carbocycles. The Balaban J connectivity index is 2.27. The smallest absolute Gasteiger partial charge is 0.303 e. The number of carbonyl (C=O) groups is 2. The van der Waals surface area contributed by atoms with Gasteiger partial charge in [0.1, 0.15) is 0 Å². The first kappa shape index (κ1) is 13.6. The summed E-state index contributed by atoms with van der Waals surface area (Å²) in [7, 11) is 0. The Morgan fingerprint density at radius 1 is 1.42 bits per heavy atom. The van der Waals surface area contributed by atoms with Gasteiger partial charge < -0.3 is 10.0 Å². The van der Waals surface area contributed by atoms with E-state index in [0.29, 0.717) is 0 Å². The lowest BCUT2D eigenvalue weighted by molar-refractivity contribution is -0.137. The number of amides is 1. The molecule has 4 nitrogen and oxygen atoms in total. The van der Waals surface area contributed by atoms with E-state index >= 15 is 0 Å². The number of nitrogens with zero attached hydrogens (tertiary/aromatic N) is 1. The van der Waals surface area contributed by atoms with Crippen LogP contribution in [0, 0.1) is 0 Å². The van der Waals surface area contributed by atoms with Gasteiger partial charge in [0, 0.05) is 19.2 Å². The first-order chi connectivity index (χ1) is 9.02. The number of fused-ring (bicyclic) bond motifs is 1. The van der Waals surface area contributed by atoms with Crippen LogP contribution in [0.2, 0.25) is 0 Å². The Kier molecular flexibility index (Phi) is 3.88. The van der Waals surface area contributed by atoms with Gasteiger partial charge in [0.05, 0.1) is 6.42 Å².